The molecule has 0 unspecified atom stereocenters. The van der Waals surface area contributed by atoms with Crippen molar-refractivity contribution >= 4 is 17.4 Å². The Labute approximate surface area is 175 Å². The van der Waals surface area contributed by atoms with Crippen molar-refractivity contribution in [3.8, 4) is 0 Å². The molecule has 0 radical (unpaired) electrons. The molecule has 0 fully saturated rings. The molecule has 0 spiro atoms. The summed E-state index contributed by atoms with van der Waals surface area (Å²) >= 11 is 0. The third kappa shape index (κ3) is 3.68. The normalized spacial score (nSPS) is 11.2. The number of hydrogen-bond acceptors (Lipinski definition) is 5. The van der Waals surface area contributed by atoms with Crippen LogP contribution in [-0.2, 0) is 26.6 Å². The molecule has 4 aromatic heterocycles. The van der Waals surface area contributed by atoms with E-state index in [4.69, 9.17) is 9.40 Å². The second-order valence-electron chi connectivity index (χ2n) is 7.43. The molecule has 8 heteroatoms. The predicted octanol–water partition coefficient (Wildman–Crippen LogP) is 3.13. The van der Waals surface area contributed by atoms with Gasteiger partial charge >= 0.3 is 0 Å². The Hall–Kier alpha value is -3.55. The second-order valence-corrected chi connectivity index (χ2v) is 7.43. The highest BCUT2D eigenvalue weighted by molar-refractivity contribution is 5.94. The number of rotatable bonds is 7. The average Bonchev–Trinajstić information content (AvgIpc) is 3.47. The molecule has 0 saturated carbocycles. The lowest BCUT2D eigenvalue weighted by Crippen LogP contribution is -2.26. The van der Waals surface area contributed by atoms with Crippen molar-refractivity contribution in [1.29, 1.82) is 0 Å². The first kappa shape index (κ1) is 19.8. The molecule has 0 aliphatic rings. The Balaban J connectivity index is 1.66. The van der Waals surface area contributed by atoms with Gasteiger partial charge in [0.15, 0.2) is 0 Å². The Morgan fingerprint density at radius 3 is 2.70 bits per heavy atom. The van der Waals surface area contributed by atoms with E-state index >= 15 is 0 Å². The lowest BCUT2D eigenvalue weighted by atomic mass is 10.2. The summed E-state index contributed by atoms with van der Waals surface area (Å²) in [7, 11) is 5.78. The molecule has 0 N–H and O–H groups in total. The molecule has 0 aliphatic heterocycles. The highest BCUT2D eigenvalue weighted by Gasteiger charge is 2.19. The van der Waals surface area contributed by atoms with Crippen molar-refractivity contribution in [3.05, 3.63) is 72.0 Å². The zero-order valence-electron chi connectivity index (χ0n) is 17.7. The number of amides is 1. The third-order valence-corrected chi connectivity index (χ3v) is 5.23. The second kappa shape index (κ2) is 8.06. The number of carbonyl (C=O) groups is 1. The number of imidazole rings is 2. The molecule has 30 heavy (non-hydrogen) atoms. The van der Waals surface area contributed by atoms with Gasteiger partial charge in [-0.1, -0.05) is 6.92 Å². The van der Waals surface area contributed by atoms with Gasteiger partial charge in [0.2, 0.25) is 0 Å². The molecule has 4 aromatic rings. The zero-order valence-corrected chi connectivity index (χ0v) is 17.7. The summed E-state index contributed by atoms with van der Waals surface area (Å²) < 4.78 is 9.36. The molecule has 8 nitrogen and oxygen atoms in total. The lowest BCUT2D eigenvalue weighted by molar-refractivity contribution is 0.0775. The SMILES string of the molecule is CCc1nc2ccc(C(=O)N(C)Cc3ccco3)cn2c1N(C)Cc1nccn1C. The highest BCUT2D eigenvalue weighted by Crippen LogP contribution is 2.24. The average molecular weight is 406 g/mol. The van der Waals surface area contributed by atoms with Crippen molar-refractivity contribution in [1.82, 2.24) is 23.8 Å². The maximum Gasteiger partial charge on any atom is 0.255 e. The van der Waals surface area contributed by atoms with E-state index in [1.807, 2.05) is 59.7 Å². The summed E-state index contributed by atoms with van der Waals surface area (Å²) in [5.41, 5.74) is 2.40. The van der Waals surface area contributed by atoms with Crippen LogP contribution < -0.4 is 4.90 Å². The summed E-state index contributed by atoms with van der Waals surface area (Å²) in [6.07, 6.45) is 8.01. The van der Waals surface area contributed by atoms with Crippen LogP contribution in [0, 0.1) is 0 Å². The number of carbonyl (C=O) groups excluding carboxylic acids is 1. The Morgan fingerprint density at radius 2 is 2.03 bits per heavy atom. The van der Waals surface area contributed by atoms with Crippen LogP contribution in [0.1, 0.15) is 34.6 Å². The van der Waals surface area contributed by atoms with Gasteiger partial charge in [0.1, 0.15) is 23.0 Å². The van der Waals surface area contributed by atoms with E-state index < -0.39 is 0 Å². The first-order valence-electron chi connectivity index (χ1n) is 9.94. The molecule has 0 aromatic carbocycles. The van der Waals surface area contributed by atoms with Crippen LogP contribution in [0.2, 0.25) is 0 Å². The number of furan rings is 1. The maximum atomic E-state index is 13.0. The quantitative estimate of drug-likeness (QED) is 0.472. The van der Waals surface area contributed by atoms with Crippen molar-refractivity contribution in [2.75, 3.05) is 19.0 Å². The summed E-state index contributed by atoms with van der Waals surface area (Å²) in [5, 5.41) is 0. The number of nitrogens with zero attached hydrogens (tertiary/aromatic N) is 6. The monoisotopic (exact) mass is 406 g/mol. The van der Waals surface area contributed by atoms with Crippen LogP contribution in [0.15, 0.2) is 53.5 Å². The van der Waals surface area contributed by atoms with Crippen LogP contribution in [-0.4, -0.2) is 43.8 Å². The van der Waals surface area contributed by atoms with E-state index in [9.17, 15) is 4.79 Å². The third-order valence-electron chi connectivity index (χ3n) is 5.23. The number of anilines is 1. The minimum atomic E-state index is -0.0715. The Bertz CT molecular complexity index is 1160. The predicted molar refractivity (Wildman–Crippen MR) is 114 cm³/mol. The number of aryl methyl sites for hydroxylation is 2. The number of fused-ring (bicyclic) bond motifs is 1. The van der Waals surface area contributed by atoms with Gasteiger partial charge in [0, 0.05) is 39.7 Å². The Morgan fingerprint density at radius 1 is 1.20 bits per heavy atom. The van der Waals surface area contributed by atoms with Gasteiger partial charge in [-0.25, -0.2) is 9.97 Å². The van der Waals surface area contributed by atoms with E-state index in [0.29, 0.717) is 18.7 Å². The first-order valence-corrected chi connectivity index (χ1v) is 9.94. The van der Waals surface area contributed by atoms with E-state index in [2.05, 4.69) is 16.8 Å². The Kier molecular flexibility index (Phi) is 5.31. The highest BCUT2D eigenvalue weighted by atomic mass is 16.3. The van der Waals surface area contributed by atoms with Crippen molar-refractivity contribution in [2.45, 2.75) is 26.4 Å². The largest absolute Gasteiger partial charge is 0.467 e. The number of pyridine rings is 1. The van der Waals surface area contributed by atoms with E-state index in [-0.39, 0.29) is 5.91 Å². The summed E-state index contributed by atoms with van der Waals surface area (Å²) in [6.45, 7) is 3.14. The minimum Gasteiger partial charge on any atom is -0.467 e. The fourth-order valence-electron chi connectivity index (χ4n) is 3.61. The smallest absolute Gasteiger partial charge is 0.255 e. The standard InChI is InChI=1S/C22H26N6O2/c1-5-18-21(26(3)15-20-23-10-11-25(20)2)28-13-16(8-9-19(28)24-18)22(29)27(4)14-17-7-6-12-30-17/h6-13H,5,14-15H2,1-4H3. The van der Waals surface area contributed by atoms with Gasteiger partial charge in [0.05, 0.1) is 30.6 Å². The topological polar surface area (TPSA) is 71.8 Å². The van der Waals surface area contributed by atoms with Gasteiger partial charge in [-0.05, 0) is 30.7 Å². The fraction of sp³-hybridized carbons (Fsp3) is 0.318. The van der Waals surface area contributed by atoms with E-state index in [1.165, 1.54) is 0 Å². The van der Waals surface area contributed by atoms with Crippen LogP contribution in [0.25, 0.3) is 5.65 Å². The lowest BCUT2D eigenvalue weighted by Gasteiger charge is -2.20. The van der Waals surface area contributed by atoms with Crippen molar-refractivity contribution in [3.63, 3.8) is 0 Å². The molecule has 0 saturated heterocycles. The molecule has 0 bridgehead atoms. The summed E-state index contributed by atoms with van der Waals surface area (Å²) in [5.74, 6) is 2.61. The summed E-state index contributed by atoms with van der Waals surface area (Å²) in [4.78, 5) is 26.0. The van der Waals surface area contributed by atoms with E-state index in [1.54, 1.807) is 24.4 Å². The van der Waals surface area contributed by atoms with Crippen molar-refractivity contribution < 1.29 is 9.21 Å². The molecule has 156 valence electrons. The fourth-order valence-corrected chi connectivity index (χ4v) is 3.61. The maximum absolute atomic E-state index is 13.0. The molecule has 4 heterocycles. The first-order chi connectivity index (χ1) is 14.5. The van der Waals surface area contributed by atoms with Gasteiger partial charge in [-0.15, -0.1) is 0 Å². The molecule has 0 aliphatic carbocycles. The van der Waals surface area contributed by atoms with Crippen LogP contribution in [0.5, 0.6) is 0 Å². The molecule has 4 rings (SSSR count). The van der Waals surface area contributed by atoms with Crippen LogP contribution in [0.4, 0.5) is 5.82 Å². The van der Waals surface area contributed by atoms with Gasteiger partial charge in [0.25, 0.3) is 5.91 Å². The van der Waals surface area contributed by atoms with E-state index in [0.717, 1.165) is 35.2 Å². The zero-order chi connectivity index (χ0) is 21.3. The molecular weight excluding hydrogens is 380 g/mol. The number of hydrogen-bond donors (Lipinski definition) is 0. The van der Waals surface area contributed by atoms with Crippen LogP contribution >= 0.6 is 0 Å². The van der Waals surface area contributed by atoms with Gasteiger partial charge in [-0.3, -0.25) is 9.20 Å². The minimum absolute atomic E-state index is 0.0715. The van der Waals surface area contributed by atoms with Crippen LogP contribution in [0.3, 0.4) is 0 Å². The molecular formula is C22H26N6O2. The van der Waals surface area contributed by atoms with Crippen molar-refractivity contribution in [2.24, 2.45) is 7.05 Å². The number of aromatic nitrogens is 4. The molecule has 0 atom stereocenters. The molecule has 1 amide bonds. The van der Waals surface area contributed by atoms with Gasteiger partial charge in [-0.2, -0.15) is 0 Å². The summed E-state index contributed by atoms with van der Waals surface area (Å²) in [6, 6.07) is 7.40. The van der Waals surface area contributed by atoms with Gasteiger partial charge < -0.3 is 18.8 Å².